The van der Waals surface area contributed by atoms with Crippen LogP contribution in [0.25, 0.3) is 10.8 Å². The van der Waals surface area contributed by atoms with Gasteiger partial charge in [-0.1, -0.05) is 42.5 Å². The molecule has 2 amide bonds. The first-order chi connectivity index (χ1) is 14.8. The molecule has 30 heavy (non-hydrogen) atoms. The standard InChI is InChI=1S/C24H20N2O4/c27-24(25-21-9-3-6-18-5-1-2-8-20(18)21)26(15-19-7-4-12-28-19)14-17-10-11-22-23(13-17)30-16-29-22/h1-13H,14-16H2,(H,25,27). The van der Waals surface area contributed by atoms with Gasteiger partial charge in [0.25, 0.3) is 0 Å². The van der Waals surface area contributed by atoms with Crippen LogP contribution in [0.5, 0.6) is 11.5 Å². The van der Waals surface area contributed by atoms with E-state index in [1.165, 1.54) is 0 Å². The van der Waals surface area contributed by atoms with Crippen molar-refractivity contribution in [2.75, 3.05) is 12.1 Å². The molecule has 2 heterocycles. The number of carbonyl (C=O) groups excluding carboxylic acids is 1. The molecule has 150 valence electrons. The summed E-state index contributed by atoms with van der Waals surface area (Å²) in [6, 6.07) is 23.0. The van der Waals surface area contributed by atoms with Gasteiger partial charge in [0.1, 0.15) is 5.76 Å². The highest BCUT2D eigenvalue weighted by molar-refractivity contribution is 6.01. The van der Waals surface area contributed by atoms with Gasteiger partial charge in [0, 0.05) is 11.9 Å². The average Bonchev–Trinajstić information content (AvgIpc) is 3.45. The SMILES string of the molecule is O=C(Nc1cccc2ccccc12)N(Cc1ccc2c(c1)OCO2)Cc1ccco1. The van der Waals surface area contributed by atoms with Gasteiger partial charge in [-0.15, -0.1) is 0 Å². The molecule has 3 aromatic carbocycles. The summed E-state index contributed by atoms with van der Waals surface area (Å²) in [5, 5.41) is 5.13. The van der Waals surface area contributed by atoms with Crippen molar-refractivity contribution in [2.24, 2.45) is 0 Å². The first-order valence-electron chi connectivity index (χ1n) is 9.71. The van der Waals surface area contributed by atoms with Gasteiger partial charge in [-0.25, -0.2) is 4.79 Å². The molecule has 0 atom stereocenters. The van der Waals surface area contributed by atoms with Crippen LogP contribution in [0.3, 0.4) is 0 Å². The minimum absolute atomic E-state index is 0.208. The Morgan fingerprint density at radius 2 is 1.77 bits per heavy atom. The number of urea groups is 1. The molecule has 0 unspecified atom stereocenters. The summed E-state index contributed by atoms with van der Waals surface area (Å²) in [6.45, 7) is 0.961. The maximum Gasteiger partial charge on any atom is 0.322 e. The molecule has 0 spiro atoms. The van der Waals surface area contributed by atoms with E-state index < -0.39 is 0 Å². The fourth-order valence-corrected chi connectivity index (χ4v) is 3.58. The molecular weight excluding hydrogens is 380 g/mol. The van der Waals surface area contributed by atoms with E-state index in [9.17, 15) is 4.79 Å². The number of nitrogens with zero attached hydrogens (tertiary/aromatic N) is 1. The molecule has 1 aromatic heterocycles. The highest BCUT2D eigenvalue weighted by Crippen LogP contribution is 2.33. The van der Waals surface area contributed by atoms with Crippen molar-refractivity contribution in [3.63, 3.8) is 0 Å². The van der Waals surface area contributed by atoms with Gasteiger partial charge in [-0.2, -0.15) is 0 Å². The second-order valence-electron chi connectivity index (χ2n) is 7.08. The number of fused-ring (bicyclic) bond motifs is 2. The third kappa shape index (κ3) is 3.67. The van der Waals surface area contributed by atoms with E-state index in [0.717, 1.165) is 27.8 Å². The van der Waals surface area contributed by atoms with Crippen LogP contribution < -0.4 is 14.8 Å². The van der Waals surface area contributed by atoms with Crippen LogP contribution in [0.15, 0.2) is 83.5 Å². The quantitative estimate of drug-likeness (QED) is 0.487. The molecule has 1 aliphatic heterocycles. The van der Waals surface area contributed by atoms with Crippen LogP contribution in [0, 0.1) is 0 Å². The van der Waals surface area contributed by atoms with Crippen LogP contribution in [0.4, 0.5) is 10.5 Å². The zero-order chi connectivity index (χ0) is 20.3. The number of carbonyl (C=O) groups is 1. The van der Waals surface area contributed by atoms with Crippen LogP contribution in [-0.4, -0.2) is 17.7 Å². The normalized spacial score (nSPS) is 12.1. The molecule has 0 radical (unpaired) electrons. The van der Waals surface area contributed by atoms with E-state index in [2.05, 4.69) is 5.32 Å². The smallest absolute Gasteiger partial charge is 0.322 e. The van der Waals surface area contributed by atoms with E-state index in [1.54, 1.807) is 11.2 Å². The second-order valence-corrected chi connectivity index (χ2v) is 7.08. The Kier molecular flexibility index (Phi) is 4.73. The van der Waals surface area contributed by atoms with Crippen LogP contribution in [0.1, 0.15) is 11.3 Å². The number of benzene rings is 3. The highest BCUT2D eigenvalue weighted by Gasteiger charge is 2.19. The van der Waals surface area contributed by atoms with Gasteiger partial charge in [0.2, 0.25) is 6.79 Å². The van der Waals surface area contributed by atoms with Gasteiger partial charge in [0.15, 0.2) is 11.5 Å². The van der Waals surface area contributed by atoms with Crippen molar-refractivity contribution >= 4 is 22.5 Å². The van der Waals surface area contributed by atoms with E-state index in [1.807, 2.05) is 72.8 Å². The third-order valence-electron chi connectivity index (χ3n) is 5.06. The number of anilines is 1. The molecule has 5 rings (SSSR count). The first-order valence-corrected chi connectivity index (χ1v) is 9.71. The molecule has 0 saturated carbocycles. The molecule has 0 fully saturated rings. The van der Waals surface area contributed by atoms with Crippen LogP contribution >= 0.6 is 0 Å². The number of ether oxygens (including phenoxy) is 2. The van der Waals surface area contributed by atoms with Gasteiger partial charge >= 0.3 is 6.03 Å². The van der Waals surface area contributed by atoms with E-state index in [4.69, 9.17) is 13.9 Å². The third-order valence-corrected chi connectivity index (χ3v) is 5.06. The summed E-state index contributed by atoms with van der Waals surface area (Å²) < 4.78 is 16.3. The molecule has 4 aromatic rings. The molecule has 1 N–H and O–H groups in total. The fraction of sp³-hybridized carbons (Fsp3) is 0.125. The number of furan rings is 1. The average molecular weight is 400 g/mol. The lowest BCUT2D eigenvalue weighted by Crippen LogP contribution is -2.34. The highest BCUT2D eigenvalue weighted by atomic mass is 16.7. The van der Waals surface area contributed by atoms with Crippen molar-refractivity contribution in [1.29, 1.82) is 0 Å². The van der Waals surface area contributed by atoms with Crippen molar-refractivity contribution in [1.82, 2.24) is 4.90 Å². The summed E-state index contributed by atoms with van der Waals surface area (Å²) in [7, 11) is 0. The van der Waals surface area contributed by atoms with Crippen molar-refractivity contribution in [3.05, 3.63) is 90.4 Å². The molecular formula is C24H20N2O4. The number of rotatable bonds is 5. The predicted molar refractivity (Wildman–Crippen MR) is 113 cm³/mol. The maximum atomic E-state index is 13.2. The summed E-state index contributed by atoms with van der Waals surface area (Å²) in [6.07, 6.45) is 1.61. The lowest BCUT2D eigenvalue weighted by molar-refractivity contribution is 0.174. The Hall–Kier alpha value is -3.93. The Labute approximate surface area is 173 Å². The van der Waals surface area contributed by atoms with E-state index in [0.29, 0.717) is 24.6 Å². The first kappa shape index (κ1) is 18.1. The van der Waals surface area contributed by atoms with Gasteiger partial charge in [0.05, 0.1) is 18.5 Å². The van der Waals surface area contributed by atoms with E-state index in [-0.39, 0.29) is 12.8 Å². The zero-order valence-electron chi connectivity index (χ0n) is 16.2. The Morgan fingerprint density at radius 1 is 0.900 bits per heavy atom. The summed E-state index contributed by atoms with van der Waals surface area (Å²) in [5.41, 5.74) is 1.71. The van der Waals surface area contributed by atoms with Gasteiger partial charge < -0.3 is 24.1 Å². The maximum absolute atomic E-state index is 13.2. The molecule has 1 aliphatic rings. The van der Waals surface area contributed by atoms with Gasteiger partial charge in [-0.3, -0.25) is 0 Å². The zero-order valence-corrected chi connectivity index (χ0v) is 16.2. The predicted octanol–water partition coefficient (Wildman–Crippen LogP) is 5.40. The number of amides is 2. The minimum atomic E-state index is -0.208. The van der Waals surface area contributed by atoms with Crippen LogP contribution in [0.2, 0.25) is 0 Å². The van der Waals surface area contributed by atoms with Crippen molar-refractivity contribution < 1.29 is 18.7 Å². The molecule has 0 bridgehead atoms. The molecule has 6 heteroatoms. The minimum Gasteiger partial charge on any atom is -0.467 e. The summed E-state index contributed by atoms with van der Waals surface area (Å²) in [4.78, 5) is 14.9. The van der Waals surface area contributed by atoms with Crippen molar-refractivity contribution in [3.8, 4) is 11.5 Å². The topological polar surface area (TPSA) is 63.9 Å². The Bertz CT molecular complexity index is 1180. The number of hydrogen-bond donors (Lipinski definition) is 1. The Balaban J connectivity index is 1.41. The van der Waals surface area contributed by atoms with Crippen LogP contribution in [-0.2, 0) is 13.1 Å². The van der Waals surface area contributed by atoms with Gasteiger partial charge in [-0.05, 0) is 41.3 Å². The Morgan fingerprint density at radius 3 is 2.67 bits per heavy atom. The fourth-order valence-electron chi connectivity index (χ4n) is 3.58. The molecule has 6 nitrogen and oxygen atoms in total. The van der Waals surface area contributed by atoms with Crippen molar-refractivity contribution in [2.45, 2.75) is 13.1 Å². The monoisotopic (exact) mass is 400 g/mol. The molecule has 0 saturated heterocycles. The molecule has 0 aliphatic carbocycles. The van der Waals surface area contributed by atoms with E-state index >= 15 is 0 Å². The number of hydrogen-bond acceptors (Lipinski definition) is 4. The second kappa shape index (κ2) is 7.83. The lowest BCUT2D eigenvalue weighted by atomic mass is 10.1. The summed E-state index contributed by atoms with van der Waals surface area (Å²) >= 11 is 0. The lowest BCUT2D eigenvalue weighted by Gasteiger charge is -2.23. The summed E-state index contributed by atoms with van der Waals surface area (Å²) in [5.74, 6) is 2.13. The largest absolute Gasteiger partial charge is 0.467 e. The number of nitrogens with one attached hydrogen (secondary N) is 1.